The Labute approximate surface area is 108 Å². The molecule has 7 heteroatoms. The first kappa shape index (κ1) is 17.2. The molecule has 104 valence electrons. The van der Waals surface area contributed by atoms with Crippen molar-refractivity contribution in [3.05, 3.63) is 0 Å². The van der Waals surface area contributed by atoms with E-state index in [1.54, 1.807) is 21.3 Å². The molecule has 0 heterocycles. The Kier molecular flexibility index (Phi) is 10.3. The predicted molar refractivity (Wildman–Crippen MR) is 73.2 cm³/mol. The van der Waals surface area contributed by atoms with Gasteiger partial charge in [0.2, 0.25) is 0 Å². The fraction of sp³-hybridized carbons (Fsp3) is 1.00. The molecule has 0 aliphatic rings. The number of unbranched alkanes of at least 4 members (excludes halogenated alkanes) is 1. The minimum atomic E-state index is -2.50. The topological polar surface area (TPSA) is 62.9 Å². The molecule has 5 nitrogen and oxygen atoms in total. The van der Waals surface area contributed by atoms with Crippen LogP contribution in [0, 0.1) is 0 Å². The monoisotopic (exact) mass is 281 g/mol. The van der Waals surface area contributed by atoms with Gasteiger partial charge in [-0.1, -0.05) is 13.3 Å². The Morgan fingerprint density at radius 1 is 1.12 bits per heavy atom. The molecule has 0 saturated heterocycles. The molecule has 0 aliphatic heterocycles. The molecule has 0 saturated carbocycles. The highest BCUT2D eigenvalue weighted by molar-refractivity contribution is 6.69. The SMILES string of the molecule is CCCC[Si](OC)(OC)O[SiH](CCCN)OC. The maximum Gasteiger partial charge on any atom is 0.491 e. The van der Waals surface area contributed by atoms with Crippen molar-refractivity contribution in [2.24, 2.45) is 5.73 Å². The molecule has 0 bridgehead atoms. The molecule has 0 aromatic rings. The van der Waals surface area contributed by atoms with Crippen molar-refractivity contribution in [3.8, 4) is 0 Å². The van der Waals surface area contributed by atoms with E-state index in [0.717, 1.165) is 31.4 Å². The molecule has 0 amide bonds. The van der Waals surface area contributed by atoms with E-state index in [0.29, 0.717) is 6.54 Å². The van der Waals surface area contributed by atoms with Gasteiger partial charge in [-0.05, 0) is 25.4 Å². The van der Waals surface area contributed by atoms with Crippen LogP contribution in [0.2, 0.25) is 12.1 Å². The quantitative estimate of drug-likeness (QED) is 0.578. The smallest absolute Gasteiger partial charge is 0.400 e. The summed E-state index contributed by atoms with van der Waals surface area (Å²) in [6.07, 6.45) is 3.08. The Morgan fingerprint density at radius 3 is 2.18 bits per heavy atom. The molecule has 0 aromatic heterocycles. The summed E-state index contributed by atoms with van der Waals surface area (Å²) in [6.45, 7) is 2.81. The first-order valence-corrected chi connectivity index (χ1v) is 9.88. The second-order valence-electron chi connectivity index (χ2n) is 3.91. The second-order valence-corrected chi connectivity index (χ2v) is 9.44. The van der Waals surface area contributed by atoms with Gasteiger partial charge in [0, 0.05) is 27.4 Å². The lowest BCUT2D eigenvalue weighted by Crippen LogP contribution is -2.48. The molecule has 0 aromatic carbocycles. The van der Waals surface area contributed by atoms with Crippen LogP contribution < -0.4 is 5.73 Å². The molecule has 1 atom stereocenters. The Balaban J connectivity index is 4.36. The van der Waals surface area contributed by atoms with E-state index in [1.807, 2.05) is 0 Å². The highest BCUT2D eigenvalue weighted by Crippen LogP contribution is 2.20. The lowest BCUT2D eigenvalue weighted by atomic mass is 10.4. The van der Waals surface area contributed by atoms with Crippen LogP contribution >= 0.6 is 0 Å². The van der Waals surface area contributed by atoms with Crippen molar-refractivity contribution in [2.45, 2.75) is 38.3 Å². The van der Waals surface area contributed by atoms with Gasteiger partial charge in [0.05, 0.1) is 0 Å². The summed E-state index contributed by atoms with van der Waals surface area (Å²) in [5.74, 6) is 0. The largest absolute Gasteiger partial charge is 0.491 e. The van der Waals surface area contributed by atoms with E-state index in [2.05, 4.69) is 6.92 Å². The summed E-state index contributed by atoms with van der Waals surface area (Å²) in [4.78, 5) is 0. The second kappa shape index (κ2) is 10.2. The van der Waals surface area contributed by atoms with Crippen LogP contribution in [0.1, 0.15) is 26.2 Å². The third kappa shape index (κ3) is 6.65. The average molecular weight is 282 g/mol. The van der Waals surface area contributed by atoms with Gasteiger partial charge in [-0.15, -0.1) is 0 Å². The molecule has 0 radical (unpaired) electrons. The van der Waals surface area contributed by atoms with Gasteiger partial charge in [0.1, 0.15) is 0 Å². The van der Waals surface area contributed by atoms with Gasteiger partial charge in [0.25, 0.3) is 0 Å². The van der Waals surface area contributed by atoms with Crippen molar-refractivity contribution in [1.82, 2.24) is 0 Å². The molecule has 0 fully saturated rings. The Hall–Kier alpha value is 0.234. The maximum atomic E-state index is 6.05. The Bertz CT molecular complexity index is 182. The van der Waals surface area contributed by atoms with Gasteiger partial charge < -0.3 is 23.1 Å². The number of hydrogen-bond donors (Lipinski definition) is 1. The molecule has 1 unspecified atom stereocenters. The van der Waals surface area contributed by atoms with E-state index in [1.165, 1.54) is 0 Å². The van der Waals surface area contributed by atoms with E-state index in [4.69, 9.17) is 23.1 Å². The predicted octanol–water partition coefficient (Wildman–Crippen LogP) is 1.25. The third-order valence-corrected chi connectivity index (χ3v) is 8.78. The molecule has 2 N–H and O–H groups in total. The summed E-state index contributed by atoms with van der Waals surface area (Å²) in [7, 11) is 0.812. The van der Waals surface area contributed by atoms with Crippen molar-refractivity contribution >= 4 is 18.1 Å². The maximum absolute atomic E-state index is 6.05. The molecule has 0 spiro atoms. The van der Waals surface area contributed by atoms with Crippen LogP contribution in [-0.4, -0.2) is 46.0 Å². The summed E-state index contributed by atoms with van der Waals surface area (Å²) in [6, 6.07) is 1.76. The molecular weight excluding hydrogens is 254 g/mol. The molecule has 0 rings (SSSR count). The number of hydrogen-bond acceptors (Lipinski definition) is 5. The van der Waals surface area contributed by atoms with Crippen LogP contribution in [0.5, 0.6) is 0 Å². The van der Waals surface area contributed by atoms with E-state index < -0.39 is 18.1 Å². The zero-order valence-corrected chi connectivity index (χ0v) is 13.7. The summed E-state index contributed by atoms with van der Waals surface area (Å²) in [5.41, 5.74) is 5.50. The van der Waals surface area contributed by atoms with Crippen LogP contribution in [-0.2, 0) is 17.4 Å². The van der Waals surface area contributed by atoms with Gasteiger partial charge in [-0.3, -0.25) is 0 Å². The van der Waals surface area contributed by atoms with Crippen LogP contribution in [0.25, 0.3) is 0 Å². The van der Waals surface area contributed by atoms with Gasteiger partial charge in [0.15, 0.2) is 0 Å². The normalized spacial score (nSPS) is 13.9. The zero-order valence-electron chi connectivity index (χ0n) is 11.5. The first-order valence-electron chi connectivity index (χ1n) is 6.19. The van der Waals surface area contributed by atoms with Crippen molar-refractivity contribution in [2.75, 3.05) is 27.9 Å². The summed E-state index contributed by atoms with van der Waals surface area (Å²) in [5, 5.41) is 0. The number of nitrogens with two attached hydrogens (primary N) is 1. The highest BCUT2D eigenvalue weighted by atomic mass is 28.4. The van der Waals surface area contributed by atoms with Crippen LogP contribution in [0.4, 0.5) is 0 Å². The third-order valence-electron chi connectivity index (χ3n) is 2.68. The minimum absolute atomic E-state index is 0.666. The Morgan fingerprint density at radius 2 is 1.76 bits per heavy atom. The summed E-state index contributed by atoms with van der Waals surface area (Å²) >= 11 is 0. The molecule has 0 aliphatic carbocycles. The highest BCUT2D eigenvalue weighted by Gasteiger charge is 2.40. The van der Waals surface area contributed by atoms with Crippen molar-refractivity contribution < 1.29 is 17.4 Å². The fourth-order valence-electron chi connectivity index (χ4n) is 1.55. The van der Waals surface area contributed by atoms with Gasteiger partial charge in [-0.2, -0.15) is 0 Å². The minimum Gasteiger partial charge on any atom is -0.400 e. The van der Waals surface area contributed by atoms with Crippen LogP contribution in [0.3, 0.4) is 0 Å². The van der Waals surface area contributed by atoms with Gasteiger partial charge in [-0.25, -0.2) is 0 Å². The first-order chi connectivity index (χ1) is 8.17. The van der Waals surface area contributed by atoms with Crippen LogP contribution in [0.15, 0.2) is 0 Å². The standard InChI is InChI=1S/C10H27NO4Si2/c1-5-6-10-17(13-3,14-4)15-16(12-2)9-7-8-11/h16H,5-11H2,1-4H3. The molecular formula is C10H27NO4Si2. The van der Waals surface area contributed by atoms with E-state index >= 15 is 0 Å². The average Bonchev–Trinajstić information content (AvgIpc) is 2.39. The van der Waals surface area contributed by atoms with Crippen molar-refractivity contribution in [1.29, 1.82) is 0 Å². The van der Waals surface area contributed by atoms with E-state index in [-0.39, 0.29) is 0 Å². The number of rotatable bonds is 11. The van der Waals surface area contributed by atoms with E-state index in [9.17, 15) is 0 Å². The lowest BCUT2D eigenvalue weighted by molar-refractivity contribution is 0.142. The lowest BCUT2D eigenvalue weighted by Gasteiger charge is -2.30. The molecule has 17 heavy (non-hydrogen) atoms. The summed E-state index contributed by atoms with van der Waals surface area (Å²) < 4.78 is 22.5. The van der Waals surface area contributed by atoms with Gasteiger partial charge >= 0.3 is 18.1 Å². The zero-order chi connectivity index (χ0) is 13.1. The fourth-order valence-corrected chi connectivity index (χ4v) is 7.41. The van der Waals surface area contributed by atoms with Crippen molar-refractivity contribution in [3.63, 3.8) is 0 Å².